The smallest absolute Gasteiger partial charge is 0.257 e. The molecular formula is C27H29N3O4S. The minimum atomic E-state index is -0.760. The Bertz CT molecular complexity index is 1200. The number of carbonyl (C=O) groups excluding carboxylic acids is 3. The number of carbonyl (C=O) groups is 3. The normalized spacial score (nSPS) is 11.3. The second kappa shape index (κ2) is 12.6. The maximum Gasteiger partial charge on any atom is 0.257 e. The Labute approximate surface area is 209 Å². The second-order valence-electron chi connectivity index (χ2n) is 7.84. The van der Waals surface area contributed by atoms with Gasteiger partial charge in [0.2, 0.25) is 5.91 Å². The number of amides is 3. The Balaban J connectivity index is 1.76. The van der Waals surface area contributed by atoms with E-state index in [1.807, 2.05) is 25.3 Å². The van der Waals surface area contributed by atoms with Gasteiger partial charge in [-0.2, -0.15) is 11.8 Å². The predicted molar refractivity (Wildman–Crippen MR) is 141 cm³/mol. The lowest BCUT2D eigenvalue weighted by Gasteiger charge is -2.20. The van der Waals surface area contributed by atoms with Gasteiger partial charge in [-0.05, 0) is 61.2 Å². The summed E-state index contributed by atoms with van der Waals surface area (Å²) in [6, 6.07) is 20.2. The van der Waals surface area contributed by atoms with Gasteiger partial charge < -0.3 is 20.7 Å². The van der Waals surface area contributed by atoms with E-state index >= 15 is 0 Å². The summed E-state index contributed by atoms with van der Waals surface area (Å²) >= 11 is 1.59. The van der Waals surface area contributed by atoms with Gasteiger partial charge in [-0.3, -0.25) is 14.4 Å². The van der Waals surface area contributed by atoms with Crippen molar-refractivity contribution in [1.82, 2.24) is 5.32 Å². The molecule has 1 atom stereocenters. The van der Waals surface area contributed by atoms with E-state index in [0.717, 1.165) is 5.56 Å². The van der Waals surface area contributed by atoms with Crippen molar-refractivity contribution in [3.05, 3.63) is 89.5 Å². The fraction of sp³-hybridized carbons (Fsp3) is 0.222. The van der Waals surface area contributed by atoms with Gasteiger partial charge in [-0.15, -0.1) is 0 Å². The van der Waals surface area contributed by atoms with Crippen molar-refractivity contribution >= 4 is 40.9 Å². The van der Waals surface area contributed by atoms with Crippen LogP contribution in [0.1, 0.15) is 32.7 Å². The number of hydrogen-bond donors (Lipinski definition) is 3. The molecule has 35 heavy (non-hydrogen) atoms. The molecule has 3 amide bonds. The lowest BCUT2D eigenvalue weighted by molar-refractivity contribution is -0.118. The maximum atomic E-state index is 13.2. The summed E-state index contributed by atoms with van der Waals surface area (Å²) < 4.78 is 5.20. The number of ether oxygens (including phenoxy) is 1. The molecule has 3 aromatic rings. The number of benzene rings is 3. The number of nitrogens with one attached hydrogen (secondary N) is 3. The van der Waals surface area contributed by atoms with Crippen molar-refractivity contribution in [2.24, 2.45) is 0 Å². The second-order valence-corrected chi connectivity index (χ2v) is 8.83. The van der Waals surface area contributed by atoms with Crippen LogP contribution in [0.5, 0.6) is 5.75 Å². The molecule has 0 aliphatic rings. The zero-order valence-corrected chi connectivity index (χ0v) is 20.8. The highest BCUT2D eigenvalue weighted by molar-refractivity contribution is 7.98. The number of para-hydroxylation sites is 1. The standard InChI is InChI=1S/C27H29N3O4S/c1-18-9-4-5-12-21(18)25(31)30-24(15-16-35-3)27(33)29-23-14-7-6-13-22(23)26(32)28-19-10-8-11-20(17-19)34-2/h4-14,17,24H,15-16H2,1-3H3,(H,28,32)(H,29,33)(H,30,31)/t24-/m1/s1. The van der Waals surface area contributed by atoms with Crippen LogP contribution in [-0.2, 0) is 4.79 Å². The third-order valence-corrected chi connectivity index (χ3v) is 6.02. The Morgan fingerprint density at radius 1 is 0.886 bits per heavy atom. The summed E-state index contributed by atoms with van der Waals surface area (Å²) in [5.41, 5.74) is 2.58. The predicted octanol–water partition coefficient (Wildman–Crippen LogP) is 4.75. The van der Waals surface area contributed by atoms with E-state index < -0.39 is 6.04 Å². The zero-order chi connectivity index (χ0) is 25.2. The summed E-state index contributed by atoms with van der Waals surface area (Å²) in [5.74, 6) is 0.226. The van der Waals surface area contributed by atoms with E-state index in [2.05, 4.69) is 16.0 Å². The molecule has 0 aliphatic heterocycles. The van der Waals surface area contributed by atoms with Crippen LogP contribution in [0, 0.1) is 6.92 Å². The third-order valence-electron chi connectivity index (χ3n) is 5.38. The molecule has 3 N–H and O–H groups in total. The summed E-state index contributed by atoms with van der Waals surface area (Å²) in [7, 11) is 1.55. The number of anilines is 2. The molecule has 0 fully saturated rings. The number of aryl methyl sites for hydroxylation is 1. The first-order valence-electron chi connectivity index (χ1n) is 11.1. The Morgan fingerprint density at radius 2 is 1.60 bits per heavy atom. The average Bonchev–Trinajstić information content (AvgIpc) is 2.87. The van der Waals surface area contributed by atoms with Crippen LogP contribution in [0.3, 0.4) is 0 Å². The van der Waals surface area contributed by atoms with E-state index in [1.54, 1.807) is 79.5 Å². The van der Waals surface area contributed by atoms with Crippen LogP contribution in [0.25, 0.3) is 0 Å². The molecule has 0 saturated heterocycles. The van der Waals surface area contributed by atoms with Crippen molar-refractivity contribution in [2.45, 2.75) is 19.4 Å². The van der Waals surface area contributed by atoms with Gasteiger partial charge in [0.1, 0.15) is 11.8 Å². The largest absolute Gasteiger partial charge is 0.497 e. The van der Waals surface area contributed by atoms with Crippen molar-refractivity contribution in [2.75, 3.05) is 29.8 Å². The molecule has 182 valence electrons. The highest BCUT2D eigenvalue weighted by atomic mass is 32.2. The zero-order valence-electron chi connectivity index (χ0n) is 20.0. The molecule has 0 aromatic heterocycles. The SMILES string of the molecule is COc1cccc(NC(=O)c2ccccc2NC(=O)[C@@H](CCSC)NC(=O)c2ccccc2C)c1. The van der Waals surface area contributed by atoms with Gasteiger partial charge >= 0.3 is 0 Å². The minimum Gasteiger partial charge on any atom is -0.497 e. The first-order valence-corrected chi connectivity index (χ1v) is 12.5. The first-order chi connectivity index (χ1) is 16.9. The molecule has 3 rings (SSSR count). The Kier molecular flexibility index (Phi) is 9.31. The monoisotopic (exact) mass is 491 g/mol. The molecule has 0 spiro atoms. The van der Waals surface area contributed by atoms with Crippen LogP contribution in [-0.4, -0.2) is 42.9 Å². The summed E-state index contributed by atoms with van der Waals surface area (Å²) in [6.45, 7) is 1.85. The van der Waals surface area contributed by atoms with Crippen molar-refractivity contribution in [1.29, 1.82) is 0 Å². The molecule has 3 aromatic carbocycles. The number of methoxy groups -OCH3 is 1. The highest BCUT2D eigenvalue weighted by Gasteiger charge is 2.23. The summed E-state index contributed by atoms with van der Waals surface area (Å²) in [4.78, 5) is 39.0. The molecule has 0 aliphatic carbocycles. The number of rotatable bonds is 10. The van der Waals surface area contributed by atoms with E-state index in [0.29, 0.717) is 40.4 Å². The number of thioether (sulfide) groups is 1. The molecule has 0 bridgehead atoms. The van der Waals surface area contributed by atoms with Crippen molar-refractivity contribution < 1.29 is 19.1 Å². The topological polar surface area (TPSA) is 96.5 Å². The maximum absolute atomic E-state index is 13.2. The van der Waals surface area contributed by atoms with E-state index in [9.17, 15) is 14.4 Å². The van der Waals surface area contributed by atoms with Gasteiger partial charge in [-0.1, -0.05) is 36.4 Å². The van der Waals surface area contributed by atoms with E-state index in [-0.39, 0.29) is 17.7 Å². The summed E-state index contributed by atoms with van der Waals surface area (Å²) in [5, 5.41) is 8.51. The highest BCUT2D eigenvalue weighted by Crippen LogP contribution is 2.21. The fourth-order valence-electron chi connectivity index (χ4n) is 3.48. The van der Waals surface area contributed by atoms with Gasteiger partial charge in [0.15, 0.2) is 0 Å². The average molecular weight is 492 g/mol. The van der Waals surface area contributed by atoms with E-state index in [1.165, 1.54) is 0 Å². The van der Waals surface area contributed by atoms with Crippen LogP contribution in [0.4, 0.5) is 11.4 Å². The third kappa shape index (κ3) is 7.10. The fourth-order valence-corrected chi connectivity index (χ4v) is 3.95. The first kappa shape index (κ1) is 25.8. The Morgan fingerprint density at radius 3 is 2.31 bits per heavy atom. The van der Waals surface area contributed by atoms with Gasteiger partial charge in [0, 0.05) is 17.3 Å². The van der Waals surface area contributed by atoms with Crippen molar-refractivity contribution in [3.8, 4) is 5.75 Å². The molecule has 0 saturated carbocycles. The quantitative estimate of drug-likeness (QED) is 0.380. The van der Waals surface area contributed by atoms with Crippen LogP contribution >= 0.6 is 11.8 Å². The molecule has 8 heteroatoms. The van der Waals surface area contributed by atoms with Crippen LogP contribution in [0.2, 0.25) is 0 Å². The lowest BCUT2D eigenvalue weighted by Crippen LogP contribution is -2.44. The number of hydrogen-bond acceptors (Lipinski definition) is 5. The van der Waals surface area contributed by atoms with Gasteiger partial charge in [0.05, 0.1) is 18.4 Å². The molecule has 0 unspecified atom stereocenters. The molecule has 0 heterocycles. The Hall–Kier alpha value is -3.78. The lowest BCUT2D eigenvalue weighted by atomic mass is 10.1. The molecular weight excluding hydrogens is 462 g/mol. The van der Waals surface area contributed by atoms with Gasteiger partial charge in [0.25, 0.3) is 11.8 Å². The van der Waals surface area contributed by atoms with Crippen LogP contribution < -0.4 is 20.7 Å². The minimum absolute atomic E-state index is 0.303. The summed E-state index contributed by atoms with van der Waals surface area (Å²) in [6.07, 6.45) is 2.39. The van der Waals surface area contributed by atoms with Crippen LogP contribution in [0.15, 0.2) is 72.8 Å². The van der Waals surface area contributed by atoms with Gasteiger partial charge in [-0.25, -0.2) is 0 Å². The van der Waals surface area contributed by atoms with Crippen molar-refractivity contribution in [3.63, 3.8) is 0 Å². The van der Waals surface area contributed by atoms with E-state index in [4.69, 9.17) is 4.74 Å². The molecule has 0 radical (unpaired) electrons. The molecule has 7 nitrogen and oxygen atoms in total.